The van der Waals surface area contributed by atoms with E-state index in [0.29, 0.717) is 34.6 Å². The highest BCUT2D eigenvalue weighted by molar-refractivity contribution is 5.92. The Morgan fingerprint density at radius 1 is 1.09 bits per heavy atom. The Bertz CT molecular complexity index is 1360. The second-order valence-corrected chi connectivity index (χ2v) is 8.35. The van der Waals surface area contributed by atoms with Crippen LogP contribution in [0.3, 0.4) is 0 Å². The Morgan fingerprint density at radius 2 is 1.81 bits per heavy atom. The number of hydrogen-bond donors (Lipinski definition) is 1. The van der Waals surface area contributed by atoms with Crippen molar-refractivity contribution >= 4 is 16.9 Å². The number of benzene rings is 1. The number of aliphatic hydroxyl groups excluding tert-OH is 1. The number of halogens is 1. The molecule has 1 aromatic carbocycles. The maximum absolute atomic E-state index is 14.6. The zero-order chi connectivity index (χ0) is 22.7. The number of aryl methyl sites for hydroxylation is 2. The minimum Gasteiger partial charge on any atom is -0.458 e. The van der Waals surface area contributed by atoms with E-state index < -0.39 is 12.1 Å². The van der Waals surface area contributed by atoms with Crippen molar-refractivity contribution in [2.24, 2.45) is 0 Å². The molecule has 2 aromatic heterocycles. The van der Waals surface area contributed by atoms with E-state index in [4.69, 9.17) is 9.72 Å². The summed E-state index contributed by atoms with van der Waals surface area (Å²) in [6.45, 7) is 6.06. The molecule has 0 amide bonds. The molecular formula is C25H25FN2O4. The van der Waals surface area contributed by atoms with Gasteiger partial charge in [-0.05, 0) is 55.4 Å². The summed E-state index contributed by atoms with van der Waals surface area (Å²) in [5.74, 6) is -1.03. The second-order valence-electron chi connectivity index (χ2n) is 8.35. The smallest absolute Gasteiger partial charge is 0.340 e. The quantitative estimate of drug-likeness (QED) is 0.423. The molecule has 0 spiro atoms. The zero-order valence-electron chi connectivity index (χ0n) is 18.4. The van der Waals surface area contributed by atoms with Crippen LogP contribution in [0.25, 0.3) is 22.3 Å². The Labute approximate surface area is 184 Å². The molecule has 2 aliphatic heterocycles. The number of pyridine rings is 2. The van der Waals surface area contributed by atoms with Crippen LogP contribution in [0.1, 0.15) is 66.2 Å². The highest BCUT2D eigenvalue weighted by Crippen LogP contribution is 2.41. The normalized spacial score (nSPS) is 18.2. The average Bonchev–Trinajstić information content (AvgIpc) is 3.00. The summed E-state index contributed by atoms with van der Waals surface area (Å²) in [5.41, 5.74) is 5.92. The van der Waals surface area contributed by atoms with E-state index in [1.807, 2.05) is 20.8 Å². The Morgan fingerprint density at radius 3 is 2.56 bits per heavy atom. The molecule has 6 rings (SSSR count). The van der Waals surface area contributed by atoms with E-state index >= 15 is 0 Å². The van der Waals surface area contributed by atoms with Crippen molar-refractivity contribution in [3.63, 3.8) is 0 Å². The summed E-state index contributed by atoms with van der Waals surface area (Å²) in [5, 5.41) is 11.3. The monoisotopic (exact) mass is 436 g/mol. The minimum atomic E-state index is -1.48. The number of carbonyl (C=O) groups excluding carboxylic acids is 1. The molecular weight excluding hydrogens is 411 g/mol. The van der Waals surface area contributed by atoms with Gasteiger partial charge >= 0.3 is 5.97 Å². The number of nitrogens with zero attached hydrogens (tertiary/aromatic N) is 2. The van der Waals surface area contributed by atoms with E-state index in [2.05, 4.69) is 0 Å². The molecule has 1 unspecified atom stereocenters. The summed E-state index contributed by atoms with van der Waals surface area (Å²) in [7, 11) is 0. The maximum atomic E-state index is 14.6. The van der Waals surface area contributed by atoms with Crippen LogP contribution in [0.15, 0.2) is 16.9 Å². The first kappa shape index (κ1) is 20.8. The van der Waals surface area contributed by atoms with Crippen LogP contribution in [0.5, 0.6) is 0 Å². The van der Waals surface area contributed by atoms with Crippen LogP contribution in [-0.2, 0) is 35.5 Å². The van der Waals surface area contributed by atoms with Crippen LogP contribution in [0, 0.1) is 12.7 Å². The van der Waals surface area contributed by atoms with Gasteiger partial charge < -0.3 is 14.4 Å². The first-order valence-electron chi connectivity index (χ1n) is 11.2. The predicted molar refractivity (Wildman–Crippen MR) is 118 cm³/mol. The summed E-state index contributed by atoms with van der Waals surface area (Å²) in [6.07, 6.45) is 2.16. The standard InChI is InChI=1S/C23H19FN2O4.C2H6/c1-10-11-4-2-3-5-12-14-8-26-18(20(14)25-17(19(11)12)7-16(10)24)6-13-15(22(26)28)9-30-23(29)21(13)27;1-2/h6-7,21,27H,2-5,8-9H2,1H3;1-2H3. The van der Waals surface area contributed by atoms with E-state index in [1.54, 1.807) is 10.6 Å². The largest absolute Gasteiger partial charge is 0.458 e. The molecule has 6 nitrogen and oxygen atoms in total. The molecule has 3 aliphatic rings. The van der Waals surface area contributed by atoms with Gasteiger partial charge in [-0.15, -0.1) is 0 Å². The highest BCUT2D eigenvalue weighted by Gasteiger charge is 2.35. The molecule has 0 fully saturated rings. The van der Waals surface area contributed by atoms with Crippen LogP contribution < -0.4 is 5.56 Å². The minimum absolute atomic E-state index is 0.141. The lowest BCUT2D eigenvalue weighted by Gasteiger charge is -2.21. The van der Waals surface area contributed by atoms with Gasteiger partial charge in [-0.3, -0.25) is 4.79 Å². The van der Waals surface area contributed by atoms with Crippen molar-refractivity contribution in [1.29, 1.82) is 0 Å². The second kappa shape index (κ2) is 7.52. The third-order valence-corrected chi connectivity index (χ3v) is 6.79. The van der Waals surface area contributed by atoms with E-state index in [0.717, 1.165) is 47.8 Å². The first-order chi connectivity index (χ1) is 15.5. The highest BCUT2D eigenvalue weighted by atomic mass is 19.1. The van der Waals surface area contributed by atoms with Gasteiger partial charge in [-0.2, -0.15) is 0 Å². The lowest BCUT2D eigenvalue weighted by Crippen LogP contribution is -2.32. The van der Waals surface area contributed by atoms with Gasteiger partial charge in [0, 0.05) is 22.6 Å². The molecule has 0 radical (unpaired) electrons. The number of carbonyl (C=O) groups is 1. The molecule has 0 saturated heterocycles. The van der Waals surface area contributed by atoms with Gasteiger partial charge in [-0.1, -0.05) is 13.8 Å². The van der Waals surface area contributed by atoms with Crippen LogP contribution in [-0.4, -0.2) is 20.6 Å². The molecule has 0 saturated carbocycles. The number of rotatable bonds is 0. The van der Waals surface area contributed by atoms with E-state index in [9.17, 15) is 19.1 Å². The number of aromatic nitrogens is 2. The van der Waals surface area contributed by atoms with Gasteiger partial charge in [0.2, 0.25) is 0 Å². The van der Waals surface area contributed by atoms with Crippen LogP contribution in [0.4, 0.5) is 4.39 Å². The Kier molecular flexibility index (Phi) is 4.89. The molecule has 32 heavy (non-hydrogen) atoms. The van der Waals surface area contributed by atoms with E-state index in [-0.39, 0.29) is 23.5 Å². The fraction of sp³-hybridized carbons (Fsp3) is 0.400. The number of fused-ring (bicyclic) bond motifs is 5. The van der Waals surface area contributed by atoms with Crippen molar-refractivity contribution in [2.45, 2.75) is 65.7 Å². The lowest BCUT2D eigenvalue weighted by molar-refractivity contribution is -0.157. The number of esters is 1. The molecule has 3 aromatic rings. The van der Waals surface area contributed by atoms with Gasteiger partial charge in [0.05, 0.1) is 29.0 Å². The predicted octanol–water partition coefficient (Wildman–Crippen LogP) is 3.87. The van der Waals surface area contributed by atoms with Gasteiger partial charge in [0.1, 0.15) is 12.4 Å². The summed E-state index contributed by atoms with van der Waals surface area (Å²) >= 11 is 0. The van der Waals surface area contributed by atoms with Gasteiger partial charge in [0.15, 0.2) is 6.10 Å². The average molecular weight is 436 g/mol. The number of hydrogen-bond acceptors (Lipinski definition) is 5. The van der Waals surface area contributed by atoms with Gasteiger partial charge in [-0.25, -0.2) is 14.2 Å². The van der Waals surface area contributed by atoms with Gasteiger partial charge in [0.25, 0.3) is 5.56 Å². The molecule has 1 N–H and O–H groups in total. The zero-order valence-corrected chi connectivity index (χ0v) is 18.4. The molecule has 4 heterocycles. The molecule has 7 heteroatoms. The van der Waals surface area contributed by atoms with Crippen molar-refractivity contribution < 1.29 is 19.0 Å². The lowest BCUT2D eigenvalue weighted by atomic mass is 9.93. The van der Waals surface area contributed by atoms with Crippen molar-refractivity contribution in [1.82, 2.24) is 9.55 Å². The fourth-order valence-corrected chi connectivity index (χ4v) is 5.23. The van der Waals surface area contributed by atoms with Crippen LogP contribution >= 0.6 is 0 Å². The number of aliphatic hydroxyl groups is 1. The molecule has 1 atom stereocenters. The summed E-state index contributed by atoms with van der Waals surface area (Å²) < 4.78 is 21.2. The first-order valence-corrected chi connectivity index (χ1v) is 11.2. The summed E-state index contributed by atoms with van der Waals surface area (Å²) in [6, 6.07) is 3.15. The topological polar surface area (TPSA) is 81.4 Å². The number of ether oxygens (including phenoxy) is 1. The number of cyclic esters (lactones) is 1. The van der Waals surface area contributed by atoms with Crippen molar-refractivity contribution in [2.75, 3.05) is 0 Å². The Hall–Kier alpha value is -3.06. The summed E-state index contributed by atoms with van der Waals surface area (Å²) in [4.78, 5) is 29.7. The van der Waals surface area contributed by atoms with E-state index in [1.165, 1.54) is 6.07 Å². The SMILES string of the molecule is CC.Cc1c(F)cc2nc3c(c4c2c1CCCC4)Cn1c-3cc2c(c1=O)COC(=O)C2O. The molecule has 1 aliphatic carbocycles. The van der Waals surface area contributed by atoms with Crippen molar-refractivity contribution in [3.05, 3.63) is 61.7 Å². The fourth-order valence-electron chi connectivity index (χ4n) is 5.23. The van der Waals surface area contributed by atoms with Crippen molar-refractivity contribution in [3.8, 4) is 11.4 Å². The third-order valence-electron chi connectivity index (χ3n) is 6.79. The van der Waals surface area contributed by atoms with Crippen LogP contribution in [0.2, 0.25) is 0 Å². The Balaban J connectivity index is 0.00000105. The molecule has 0 bridgehead atoms. The third kappa shape index (κ3) is 2.77. The molecule has 166 valence electrons. The maximum Gasteiger partial charge on any atom is 0.340 e.